The number of methoxy groups -OCH3 is 1. The van der Waals surface area contributed by atoms with Gasteiger partial charge in [0.2, 0.25) is 0 Å². The summed E-state index contributed by atoms with van der Waals surface area (Å²) in [6.45, 7) is 11.4. The molecule has 0 radical (unpaired) electrons. The van der Waals surface area contributed by atoms with Gasteiger partial charge in [0.05, 0.1) is 7.11 Å². The second-order valence-electron chi connectivity index (χ2n) is 11.8. The zero-order valence-electron chi connectivity index (χ0n) is 23.6. The van der Waals surface area contributed by atoms with Crippen LogP contribution in [-0.4, -0.2) is 38.0 Å². The van der Waals surface area contributed by atoms with Crippen molar-refractivity contribution in [3.8, 4) is 17.2 Å². The average molecular weight is 517 g/mol. The van der Waals surface area contributed by atoms with Crippen LogP contribution >= 0.6 is 0 Å². The summed E-state index contributed by atoms with van der Waals surface area (Å²) < 4.78 is 11.5. The van der Waals surface area contributed by atoms with Gasteiger partial charge in [-0.05, 0) is 96.5 Å². The van der Waals surface area contributed by atoms with Crippen LogP contribution in [0.15, 0.2) is 60.7 Å². The number of rotatable bonds is 11. The van der Waals surface area contributed by atoms with E-state index >= 15 is 0 Å². The molecule has 0 bridgehead atoms. The first-order valence-corrected chi connectivity index (χ1v) is 13.9. The van der Waals surface area contributed by atoms with Crippen LogP contribution in [0.25, 0.3) is 0 Å². The summed E-state index contributed by atoms with van der Waals surface area (Å²) >= 11 is 0. The van der Waals surface area contributed by atoms with E-state index in [-0.39, 0.29) is 11.5 Å². The number of phenols is 1. The number of ether oxygens (including phenoxy) is 2. The Balaban J connectivity index is 1.35. The molecule has 38 heavy (non-hydrogen) atoms. The summed E-state index contributed by atoms with van der Waals surface area (Å²) in [5.74, 6) is 2.56. The fraction of sp³-hybridized carbons (Fsp3) is 0.455. The number of phenolic OH excluding ortho intramolecular Hbond substituents is 1. The van der Waals surface area contributed by atoms with Crippen LogP contribution in [-0.2, 0) is 19.3 Å². The molecule has 0 amide bonds. The molecule has 3 aromatic carbocycles. The molecule has 4 rings (SSSR count). The van der Waals surface area contributed by atoms with Crippen molar-refractivity contribution < 1.29 is 14.6 Å². The third-order valence-corrected chi connectivity index (χ3v) is 7.19. The molecule has 0 aromatic heterocycles. The van der Waals surface area contributed by atoms with Crippen molar-refractivity contribution >= 4 is 5.69 Å². The summed E-state index contributed by atoms with van der Waals surface area (Å²) in [7, 11) is 1.72. The molecule has 0 aliphatic heterocycles. The van der Waals surface area contributed by atoms with Gasteiger partial charge in [-0.1, -0.05) is 45.0 Å². The predicted octanol–water partition coefficient (Wildman–Crippen LogP) is 6.73. The van der Waals surface area contributed by atoms with Crippen LogP contribution in [0.2, 0.25) is 0 Å². The van der Waals surface area contributed by atoms with Crippen molar-refractivity contribution in [2.75, 3.05) is 32.1 Å². The van der Waals surface area contributed by atoms with Gasteiger partial charge in [-0.3, -0.25) is 0 Å². The maximum atomic E-state index is 9.86. The van der Waals surface area contributed by atoms with Crippen molar-refractivity contribution in [2.45, 2.75) is 65.3 Å². The largest absolute Gasteiger partial charge is 0.508 e. The lowest BCUT2D eigenvalue weighted by atomic mass is 9.79. The normalized spacial score (nSPS) is 16.0. The minimum atomic E-state index is 0.252. The molecule has 0 saturated carbocycles. The van der Waals surface area contributed by atoms with Gasteiger partial charge < -0.3 is 25.2 Å². The van der Waals surface area contributed by atoms with E-state index in [4.69, 9.17) is 9.47 Å². The quantitative estimate of drug-likeness (QED) is 0.247. The Labute approximate surface area is 228 Å². The zero-order valence-corrected chi connectivity index (χ0v) is 23.6. The molecular formula is C33H44N2O3. The second kappa shape index (κ2) is 12.6. The van der Waals surface area contributed by atoms with Gasteiger partial charge in [-0.25, -0.2) is 0 Å². The van der Waals surface area contributed by atoms with E-state index in [1.54, 1.807) is 13.2 Å². The van der Waals surface area contributed by atoms with E-state index in [1.165, 1.54) is 22.3 Å². The first kappa shape index (κ1) is 27.8. The first-order chi connectivity index (χ1) is 18.2. The topological polar surface area (TPSA) is 62.8 Å². The lowest BCUT2D eigenvalue weighted by Gasteiger charge is -2.28. The molecule has 3 aromatic rings. The molecule has 0 heterocycles. The van der Waals surface area contributed by atoms with Gasteiger partial charge >= 0.3 is 0 Å². The van der Waals surface area contributed by atoms with Gasteiger partial charge in [0.15, 0.2) is 0 Å². The molecule has 5 nitrogen and oxygen atoms in total. The summed E-state index contributed by atoms with van der Waals surface area (Å²) in [6, 6.07) is 20.9. The number of hydrogen-bond donors (Lipinski definition) is 3. The van der Waals surface area contributed by atoms with Crippen molar-refractivity contribution in [3.05, 3.63) is 82.9 Å². The minimum Gasteiger partial charge on any atom is -0.508 e. The lowest BCUT2D eigenvalue weighted by Crippen LogP contribution is -2.30. The second-order valence-corrected chi connectivity index (χ2v) is 11.8. The maximum Gasteiger partial charge on any atom is 0.120 e. The smallest absolute Gasteiger partial charge is 0.120 e. The van der Waals surface area contributed by atoms with Crippen molar-refractivity contribution in [1.29, 1.82) is 0 Å². The van der Waals surface area contributed by atoms with E-state index in [1.807, 2.05) is 6.07 Å². The number of aromatic hydroxyl groups is 1. The van der Waals surface area contributed by atoms with Gasteiger partial charge in [0.25, 0.3) is 0 Å². The summed E-state index contributed by atoms with van der Waals surface area (Å²) in [5, 5.41) is 17.1. The third kappa shape index (κ3) is 7.91. The first-order valence-electron chi connectivity index (χ1n) is 13.9. The number of hydrogen-bond acceptors (Lipinski definition) is 5. The fourth-order valence-electron chi connectivity index (χ4n) is 5.25. The Hall–Kier alpha value is -3.18. The van der Waals surface area contributed by atoms with Crippen LogP contribution in [0.1, 0.15) is 62.3 Å². The highest BCUT2D eigenvalue weighted by Gasteiger charge is 2.23. The van der Waals surface area contributed by atoms with E-state index in [0.29, 0.717) is 18.3 Å². The molecular weight excluding hydrogens is 472 g/mol. The number of nitrogens with one attached hydrogen (secondary N) is 2. The highest BCUT2D eigenvalue weighted by atomic mass is 16.5. The number of anilines is 1. The average Bonchev–Trinajstić information content (AvgIpc) is 2.88. The van der Waals surface area contributed by atoms with Crippen LogP contribution < -0.4 is 20.1 Å². The van der Waals surface area contributed by atoms with E-state index in [0.717, 1.165) is 56.0 Å². The molecule has 1 aliphatic rings. The van der Waals surface area contributed by atoms with E-state index in [2.05, 4.69) is 86.9 Å². The number of fused-ring (bicyclic) bond motifs is 1. The summed E-state index contributed by atoms with van der Waals surface area (Å²) in [5.41, 5.74) is 6.64. The van der Waals surface area contributed by atoms with Crippen LogP contribution in [0.5, 0.6) is 17.2 Å². The predicted molar refractivity (Wildman–Crippen MR) is 157 cm³/mol. The number of aryl methyl sites for hydroxylation is 1. The standard InChI is InChI=1S/C33H44N2O3/c1-23(18-24-6-12-29(13-7-24)38-17-16-34-22-33(2,3)4)35-32-21-30(37-5)14-15-31(32)27-9-8-26-20-28(36)11-10-25(26)19-27/h6-7,10-15,20-21,23,27,34-36H,8-9,16-19,22H2,1-5H3. The molecule has 2 atom stereocenters. The Morgan fingerprint density at radius 1 is 0.974 bits per heavy atom. The Morgan fingerprint density at radius 3 is 2.47 bits per heavy atom. The maximum absolute atomic E-state index is 9.86. The Morgan fingerprint density at radius 2 is 1.74 bits per heavy atom. The number of benzene rings is 3. The van der Waals surface area contributed by atoms with Gasteiger partial charge in [0.1, 0.15) is 23.9 Å². The van der Waals surface area contributed by atoms with Gasteiger partial charge in [0, 0.05) is 30.9 Å². The summed E-state index contributed by atoms with van der Waals surface area (Å²) in [6.07, 6.45) is 3.95. The van der Waals surface area contributed by atoms with Crippen molar-refractivity contribution in [3.63, 3.8) is 0 Å². The minimum absolute atomic E-state index is 0.252. The summed E-state index contributed by atoms with van der Waals surface area (Å²) in [4.78, 5) is 0. The third-order valence-electron chi connectivity index (χ3n) is 7.19. The van der Waals surface area contributed by atoms with Crippen LogP contribution in [0.4, 0.5) is 5.69 Å². The van der Waals surface area contributed by atoms with Crippen LogP contribution in [0, 0.1) is 5.41 Å². The fourth-order valence-corrected chi connectivity index (χ4v) is 5.25. The van der Waals surface area contributed by atoms with Gasteiger partial charge in [-0.15, -0.1) is 0 Å². The van der Waals surface area contributed by atoms with E-state index < -0.39 is 0 Å². The Kier molecular flexibility index (Phi) is 9.22. The lowest BCUT2D eigenvalue weighted by molar-refractivity contribution is 0.297. The molecule has 0 saturated heterocycles. The van der Waals surface area contributed by atoms with E-state index in [9.17, 15) is 5.11 Å². The van der Waals surface area contributed by atoms with Gasteiger partial charge in [-0.2, -0.15) is 0 Å². The molecule has 0 fully saturated rings. The Bertz CT molecular complexity index is 1180. The highest BCUT2D eigenvalue weighted by Crippen LogP contribution is 2.38. The SMILES string of the molecule is COc1ccc(C2CCc3cc(O)ccc3C2)c(NC(C)Cc2ccc(OCCNCC(C)(C)C)cc2)c1. The van der Waals surface area contributed by atoms with Crippen molar-refractivity contribution in [1.82, 2.24) is 5.32 Å². The molecule has 5 heteroatoms. The molecule has 1 aliphatic carbocycles. The molecule has 2 unspecified atom stereocenters. The van der Waals surface area contributed by atoms with Crippen molar-refractivity contribution in [2.24, 2.45) is 5.41 Å². The molecule has 0 spiro atoms. The highest BCUT2D eigenvalue weighted by molar-refractivity contribution is 5.58. The van der Waals surface area contributed by atoms with Crippen LogP contribution in [0.3, 0.4) is 0 Å². The molecule has 204 valence electrons. The zero-order chi connectivity index (χ0) is 27.1. The monoisotopic (exact) mass is 516 g/mol. The molecule has 3 N–H and O–H groups in total.